The van der Waals surface area contributed by atoms with Crippen LogP contribution in [0.1, 0.15) is 50.1 Å². The number of amides is 2. The van der Waals surface area contributed by atoms with E-state index < -0.39 is 6.04 Å². The molecule has 1 unspecified atom stereocenters. The van der Waals surface area contributed by atoms with Gasteiger partial charge in [0.05, 0.1) is 0 Å². The first kappa shape index (κ1) is 22.5. The summed E-state index contributed by atoms with van der Waals surface area (Å²) in [6.45, 7) is 0. The summed E-state index contributed by atoms with van der Waals surface area (Å²) >= 11 is 12.2. The van der Waals surface area contributed by atoms with Crippen LogP contribution in [0.15, 0.2) is 60.0 Å². The maximum Gasteiger partial charge on any atom is 0.251 e. The minimum atomic E-state index is -0.855. The number of aromatic nitrogens is 2. The van der Waals surface area contributed by atoms with Gasteiger partial charge < -0.3 is 10.2 Å². The van der Waals surface area contributed by atoms with E-state index in [1.54, 1.807) is 35.5 Å². The van der Waals surface area contributed by atoms with Crippen LogP contribution >= 0.6 is 23.2 Å². The second-order valence-electron chi connectivity index (χ2n) is 7.98. The van der Waals surface area contributed by atoms with Crippen LogP contribution in [-0.4, -0.2) is 32.7 Å². The maximum absolute atomic E-state index is 13.6. The summed E-state index contributed by atoms with van der Waals surface area (Å²) in [4.78, 5) is 36.8. The lowest BCUT2D eigenvalue weighted by Gasteiger charge is -2.31. The largest absolute Gasteiger partial charge is 0.328 e. The first-order chi connectivity index (χ1) is 15.6. The lowest BCUT2D eigenvalue weighted by molar-refractivity contribution is -0.137. The number of nitrogens with one attached hydrogen (secondary N) is 1. The van der Waals surface area contributed by atoms with Crippen molar-refractivity contribution < 1.29 is 9.59 Å². The van der Waals surface area contributed by atoms with Gasteiger partial charge in [-0.1, -0.05) is 29.3 Å². The topological polar surface area (TPSA) is 75.2 Å². The van der Waals surface area contributed by atoms with Crippen LogP contribution in [-0.2, 0) is 9.59 Å². The highest BCUT2D eigenvalue weighted by Gasteiger charge is 2.41. The number of nitrogens with zero attached hydrogens (tertiary/aromatic N) is 3. The molecule has 4 rings (SSSR count). The number of rotatable bonds is 7. The summed E-state index contributed by atoms with van der Waals surface area (Å²) in [5.41, 5.74) is 3.37. The molecule has 2 aromatic rings. The molecule has 8 heteroatoms. The van der Waals surface area contributed by atoms with E-state index >= 15 is 0 Å². The van der Waals surface area contributed by atoms with Gasteiger partial charge in [0.1, 0.15) is 6.04 Å². The number of carbonyl (C=O) groups is 2. The van der Waals surface area contributed by atoms with Gasteiger partial charge in [0.25, 0.3) is 5.91 Å². The van der Waals surface area contributed by atoms with Crippen molar-refractivity contribution in [2.75, 3.05) is 0 Å². The lowest BCUT2D eigenvalue weighted by atomic mass is 9.99. The van der Waals surface area contributed by atoms with Gasteiger partial charge in [-0.3, -0.25) is 9.59 Å². The zero-order valence-corrected chi connectivity index (χ0v) is 19.0. The van der Waals surface area contributed by atoms with Crippen LogP contribution in [0.5, 0.6) is 0 Å². The Morgan fingerprint density at radius 2 is 1.94 bits per heavy atom. The van der Waals surface area contributed by atoms with Gasteiger partial charge in [0.15, 0.2) is 5.82 Å². The molecule has 0 aliphatic heterocycles. The first-order valence-electron chi connectivity index (χ1n) is 10.7. The fraction of sp³-hybridized carbons (Fsp3) is 0.333. The van der Waals surface area contributed by atoms with Gasteiger partial charge in [0, 0.05) is 46.3 Å². The van der Waals surface area contributed by atoms with Crippen molar-refractivity contribution >= 4 is 35.0 Å². The quantitative estimate of drug-likeness (QED) is 0.567. The number of benzene rings is 1. The van der Waals surface area contributed by atoms with Gasteiger partial charge >= 0.3 is 0 Å². The summed E-state index contributed by atoms with van der Waals surface area (Å²) in [7, 11) is 0. The smallest absolute Gasteiger partial charge is 0.251 e. The van der Waals surface area contributed by atoms with Crippen LogP contribution in [0.4, 0.5) is 0 Å². The van der Waals surface area contributed by atoms with Crippen LogP contribution in [0.2, 0.25) is 5.02 Å². The standard InChI is InChI=1S/C24H24Cl2N4O2/c25-10-9-21(31)30(20-7-8-20)22(24(32)29-19-5-2-1-3-6-19)16-13-17(15-18(26)14-16)23-27-11-4-12-28-23/h4-5,9-15,20,22H,1-3,6-8H2,(H,29,32)/b10-9-. The maximum atomic E-state index is 13.6. The van der Waals surface area contributed by atoms with Gasteiger partial charge in [0.2, 0.25) is 5.91 Å². The molecule has 1 saturated carbocycles. The minimum Gasteiger partial charge on any atom is -0.328 e. The molecule has 1 N–H and O–H groups in total. The van der Waals surface area contributed by atoms with E-state index in [-0.39, 0.29) is 17.9 Å². The Morgan fingerprint density at radius 3 is 2.59 bits per heavy atom. The van der Waals surface area contributed by atoms with Gasteiger partial charge in [-0.25, -0.2) is 9.97 Å². The third-order valence-corrected chi connectivity index (χ3v) is 5.91. The van der Waals surface area contributed by atoms with Gasteiger partial charge in [-0.2, -0.15) is 0 Å². The summed E-state index contributed by atoms with van der Waals surface area (Å²) in [6, 6.07) is 6.15. The van der Waals surface area contributed by atoms with Gasteiger partial charge in [-0.15, -0.1) is 0 Å². The summed E-state index contributed by atoms with van der Waals surface area (Å²) < 4.78 is 0. The average Bonchev–Trinajstić information content (AvgIpc) is 3.63. The Morgan fingerprint density at radius 1 is 1.16 bits per heavy atom. The van der Waals surface area contributed by atoms with Crippen molar-refractivity contribution in [2.24, 2.45) is 0 Å². The minimum absolute atomic E-state index is 0.0261. The molecule has 0 radical (unpaired) electrons. The number of hydrogen-bond acceptors (Lipinski definition) is 4. The fourth-order valence-corrected chi connectivity index (χ4v) is 4.33. The second kappa shape index (κ2) is 10.3. The molecular formula is C24H24Cl2N4O2. The van der Waals surface area contributed by atoms with Crippen LogP contribution in [0.3, 0.4) is 0 Å². The fourth-order valence-electron chi connectivity index (χ4n) is 3.97. The Balaban J connectivity index is 1.76. The molecular weight excluding hydrogens is 447 g/mol. The number of carbonyl (C=O) groups excluding carboxylic acids is 2. The first-order valence-corrected chi connectivity index (χ1v) is 11.5. The van der Waals surface area contributed by atoms with E-state index in [4.69, 9.17) is 23.2 Å². The molecule has 2 amide bonds. The normalized spacial score (nSPS) is 17.0. The van der Waals surface area contributed by atoms with Crippen molar-refractivity contribution in [3.8, 4) is 11.4 Å². The molecule has 166 valence electrons. The van der Waals surface area contributed by atoms with Crippen molar-refractivity contribution in [3.63, 3.8) is 0 Å². The lowest BCUT2D eigenvalue weighted by Crippen LogP contribution is -2.44. The molecule has 6 nitrogen and oxygen atoms in total. The predicted molar refractivity (Wildman–Crippen MR) is 125 cm³/mol. The molecule has 1 fully saturated rings. The molecule has 0 bridgehead atoms. The van der Waals surface area contributed by atoms with E-state index in [1.807, 2.05) is 6.07 Å². The van der Waals surface area contributed by atoms with E-state index in [1.165, 1.54) is 11.6 Å². The third kappa shape index (κ3) is 5.37. The molecule has 2 aliphatic carbocycles. The molecule has 0 saturated heterocycles. The van der Waals surface area contributed by atoms with E-state index in [2.05, 4.69) is 21.4 Å². The third-order valence-electron chi connectivity index (χ3n) is 5.56. The van der Waals surface area contributed by atoms with Crippen LogP contribution in [0.25, 0.3) is 11.4 Å². The monoisotopic (exact) mass is 470 g/mol. The molecule has 1 heterocycles. The number of halogens is 2. The zero-order valence-electron chi connectivity index (χ0n) is 17.5. The SMILES string of the molecule is O=C(NC1=CCCCC1)C(c1cc(Cl)cc(-c2ncccn2)c1)N(C(=O)/C=C\Cl)C1CC1. The van der Waals surface area contributed by atoms with Crippen LogP contribution < -0.4 is 5.32 Å². The molecule has 2 aliphatic rings. The molecule has 0 spiro atoms. The molecule has 1 aromatic carbocycles. The van der Waals surface area contributed by atoms with Crippen molar-refractivity contribution in [2.45, 2.75) is 50.6 Å². The summed E-state index contributed by atoms with van der Waals surface area (Å²) in [5.74, 6) is -0.0725. The predicted octanol–water partition coefficient (Wildman–Crippen LogP) is 5.16. The van der Waals surface area contributed by atoms with Gasteiger partial charge in [-0.05, 0) is 68.4 Å². The molecule has 1 aromatic heterocycles. The summed E-state index contributed by atoms with van der Waals surface area (Å²) in [6.07, 6.45) is 12.2. The van der Waals surface area contributed by atoms with E-state index in [0.29, 0.717) is 22.0 Å². The zero-order chi connectivity index (χ0) is 22.5. The number of allylic oxidation sites excluding steroid dienone is 2. The van der Waals surface area contributed by atoms with Crippen LogP contribution in [0, 0.1) is 0 Å². The Bertz CT molecular complexity index is 1050. The number of hydrogen-bond donors (Lipinski definition) is 1. The summed E-state index contributed by atoms with van der Waals surface area (Å²) in [5, 5.41) is 3.49. The highest BCUT2D eigenvalue weighted by molar-refractivity contribution is 6.31. The average molecular weight is 471 g/mol. The van der Waals surface area contributed by atoms with Crippen molar-refractivity contribution in [1.29, 1.82) is 0 Å². The van der Waals surface area contributed by atoms with E-state index in [0.717, 1.165) is 44.2 Å². The Labute approximate surface area is 197 Å². The van der Waals surface area contributed by atoms with Crippen molar-refractivity contribution in [1.82, 2.24) is 20.2 Å². The highest BCUT2D eigenvalue weighted by Crippen LogP contribution is 2.37. The Kier molecular flexibility index (Phi) is 7.22. The second-order valence-corrected chi connectivity index (χ2v) is 8.67. The van der Waals surface area contributed by atoms with E-state index in [9.17, 15) is 9.59 Å². The Hall–Kier alpha value is -2.70. The van der Waals surface area contributed by atoms with Crippen molar-refractivity contribution in [3.05, 3.63) is 70.6 Å². The highest BCUT2D eigenvalue weighted by atomic mass is 35.5. The molecule has 32 heavy (non-hydrogen) atoms. The molecule has 1 atom stereocenters.